The van der Waals surface area contributed by atoms with Crippen molar-refractivity contribution in [3.05, 3.63) is 30.3 Å². The first-order valence-corrected chi connectivity index (χ1v) is 4.56. The van der Waals surface area contributed by atoms with E-state index in [4.69, 9.17) is 5.11 Å². The van der Waals surface area contributed by atoms with Crippen LogP contribution in [-0.4, -0.2) is 17.1 Å². The van der Waals surface area contributed by atoms with Gasteiger partial charge in [0.25, 0.3) is 0 Å². The second-order valence-electron chi connectivity index (χ2n) is 2.66. The molecule has 0 amide bonds. The fourth-order valence-corrected chi connectivity index (χ4v) is 1.30. The summed E-state index contributed by atoms with van der Waals surface area (Å²) in [5, 5.41) is 8.74. The summed E-state index contributed by atoms with van der Waals surface area (Å²) in [5.41, 5.74) is 0.831. The van der Waals surface area contributed by atoms with Crippen LogP contribution in [0.3, 0.4) is 0 Å². The maximum absolute atomic E-state index is 10.6. The molecule has 1 atom stereocenters. The Morgan fingerprint density at radius 3 is 2.46 bits per heavy atom. The van der Waals surface area contributed by atoms with Crippen LogP contribution in [-0.2, 0) is 4.79 Å². The van der Waals surface area contributed by atoms with E-state index in [1.165, 1.54) is 3.93 Å². The van der Waals surface area contributed by atoms with Crippen LogP contribution in [0.5, 0.6) is 0 Å². The van der Waals surface area contributed by atoms with Gasteiger partial charge < -0.3 is 5.11 Å². The highest BCUT2D eigenvalue weighted by Gasteiger charge is 2.18. The predicted molar refractivity (Wildman–Crippen MR) is 54.9 cm³/mol. The molecule has 0 fully saturated rings. The van der Waals surface area contributed by atoms with E-state index in [0.717, 1.165) is 5.69 Å². The molecule has 1 aromatic carbocycles. The molecular weight excluding hydrogens is 234 g/mol. The van der Waals surface area contributed by atoms with Crippen molar-refractivity contribution < 1.29 is 9.90 Å². The number of carboxylic acid groups (broad SMARTS) is 1. The molecule has 13 heavy (non-hydrogen) atoms. The average molecular weight is 244 g/mol. The van der Waals surface area contributed by atoms with Crippen LogP contribution >= 0.6 is 16.1 Å². The number of aliphatic carboxylic acids is 1. The van der Waals surface area contributed by atoms with Crippen molar-refractivity contribution in [1.29, 1.82) is 0 Å². The van der Waals surface area contributed by atoms with Gasteiger partial charge in [-0.3, -0.25) is 3.93 Å². The maximum atomic E-state index is 10.6. The molecule has 0 radical (unpaired) electrons. The highest BCUT2D eigenvalue weighted by atomic mass is 79.9. The van der Waals surface area contributed by atoms with Gasteiger partial charge in [0.1, 0.15) is 6.04 Å². The Morgan fingerprint density at radius 1 is 1.46 bits per heavy atom. The van der Waals surface area contributed by atoms with E-state index in [1.54, 1.807) is 6.92 Å². The summed E-state index contributed by atoms with van der Waals surface area (Å²) >= 11 is 3.20. The van der Waals surface area contributed by atoms with E-state index >= 15 is 0 Å². The van der Waals surface area contributed by atoms with Gasteiger partial charge in [-0.05, 0) is 19.1 Å². The Hall–Kier alpha value is -1.03. The van der Waals surface area contributed by atoms with E-state index in [-0.39, 0.29) is 0 Å². The second-order valence-corrected chi connectivity index (χ2v) is 3.43. The Balaban J connectivity index is 2.79. The van der Waals surface area contributed by atoms with Gasteiger partial charge in [-0.25, -0.2) is 4.79 Å². The number of carboxylic acids is 1. The number of anilines is 1. The number of carbonyl (C=O) groups is 1. The van der Waals surface area contributed by atoms with Crippen LogP contribution in [0.1, 0.15) is 6.92 Å². The van der Waals surface area contributed by atoms with E-state index in [2.05, 4.69) is 16.1 Å². The summed E-state index contributed by atoms with van der Waals surface area (Å²) in [6.07, 6.45) is 0. The van der Waals surface area contributed by atoms with Crippen molar-refractivity contribution in [1.82, 2.24) is 0 Å². The molecular formula is C9H10BrNO2. The zero-order valence-corrected chi connectivity index (χ0v) is 8.73. The third kappa shape index (κ3) is 2.45. The summed E-state index contributed by atoms with van der Waals surface area (Å²) in [4.78, 5) is 10.6. The van der Waals surface area contributed by atoms with Gasteiger partial charge >= 0.3 is 5.97 Å². The van der Waals surface area contributed by atoms with Crippen LogP contribution in [0.2, 0.25) is 0 Å². The zero-order chi connectivity index (χ0) is 9.84. The minimum atomic E-state index is -0.860. The normalized spacial score (nSPS) is 12.2. The van der Waals surface area contributed by atoms with Gasteiger partial charge in [0.2, 0.25) is 0 Å². The molecule has 0 saturated carbocycles. The van der Waals surface area contributed by atoms with Crippen LogP contribution in [0.25, 0.3) is 0 Å². The molecule has 0 unspecified atom stereocenters. The number of hydrogen-bond acceptors (Lipinski definition) is 2. The topological polar surface area (TPSA) is 40.5 Å². The number of rotatable bonds is 3. The molecule has 0 aliphatic rings. The molecule has 70 valence electrons. The van der Waals surface area contributed by atoms with Gasteiger partial charge in [-0.15, -0.1) is 0 Å². The SMILES string of the molecule is C[C@@H](C(=O)O)N(Br)c1ccccc1. The quantitative estimate of drug-likeness (QED) is 0.829. The Bertz CT molecular complexity index is 289. The van der Waals surface area contributed by atoms with Gasteiger partial charge in [-0.1, -0.05) is 18.2 Å². The number of benzene rings is 1. The van der Waals surface area contributed by atoms with Gasteiger partial charge in [0.05, 0.1) is 16.1 Å². The number of hydrogen-bond donors (Lipinski definition) is 1. The predicted octanol–water partition coefficient (Wildman–Crippen LogP) is 2.28. The smallest absolute Gasteiger partial charge is 0.327 e. The molecule has 1 rings (SSSR count). The van der Waals surface area contributed by atoms with E-state index in [9.17, 15) is 4.79 Å². The highest BCUT2D eigenvalue weighted by Crippen LogP contribution is 2.20. The monoisotopic (exact) mass is 243 g/mol. The van der Waals surface area contributed by atoms with E-state index in [1.807, 2.05) is 30.3 Å². The molecule has 0 saturated heterocycles. The van der Waals surface area contributed by atoms with Crippen molar-refractivity contribution in [2.45, 2.75) is 13.0 Å². The standard InChI is InChI=1S/C9H10BrNO2/c1-7(9(12)13)11(10)8-5-3-2-4-6-8/h2-7H,1H3,(H,12,13)/t7-/m0/s1. The zero-order valence-electron chi connectivity index (χ0n) is 7.14. The Labute approximate surface area is 85.3 Å². The van der Waals surface area contributed by atoms with Crippen molar-refractivity contribution in [3.63, 3.8) is 0 Å². The molecule has 3 nitrogen and oxygen atoms in total. The van der Waals surface area contributed by atoms with Crippen molar-refractivity contribution >= 4 is 27.8 Å². The van der Waals surface area contributed by atoms with Crippen LogP contribution < -0.4 is 3.93 Å². The molecule has 0 aromatic heterocycles. The summed E-state index contributed by atoms with van der Waals surface area (Å²) < 4.78 is 1.54. The lowest BCUT2D eigenvalue weighted by atomic mass is 10.3. The fraction of sp³-hybridized carbons (Fsp3) is 0.222. The maximum Gasteiger partial charge on any atom is 0.327 e. The molecule has 0 heterocycles. The number of para-hydroxylation sites is 1. The van der Waals surface area contributed by atoms with Gasteiger partial charge in [0, 0.05) is 5.69 Å². The molecule has 0 bridgehead atoms. The summed E-state index contributed by atoms with van der Waals surface area (Å²) in [5.74, 6) is -0.860. The third-order valence-corrected chi connectivity index (χ3v) is 2.72. The van der Waals surface area contributed by atoms with Crippen LogP contribution in [0, 0.1) is 0 Å². The van der Waals surface area contributed by atoms with Crippen molar-refractivity contribution in [2.24, 2.45) is 0 Å². The van der Waals surface area contributed by atoms with Crippen LogP contribution in [0.4, 0.5) is 5.69 Å². The van der Waals surface area contributed by atoms with Crippen molar-refractivity contribution in [3.8, 4) is 0 Å². The van der Waals surface area contributed by atoms with Gasteiger partial charge in [0.15, 0.2) is 0 Å². The molecule has 0 spiro atoms. The average Bonchev–Trinajstić information content (AvgIpc) is 2.17. The number of nitrogens with zero attached hydrogens (tertiary/aromatic N) is 1. The largest absolute Gasteiger partial charge is 0.480 e. The lowest BCUT2D eigenvalue weighted by molar-refractivity contribution is -0.137. The first-order chi connectivity index (χ1) is 6.13. The molecule has 1 aromatic rings. The molecule has 0 aliphatic heterocycles. The van der Waals surface area contributed by atoms with E-state index in [0.29, 0.717) is 0 Å². The Morgan fingerprint density at radius 2 is 2.00 bits per heavy atom. The first kappa shape index (κ1) is 10.1. The first-order valence-electron chi connectivity index (χ1n) is 3.86. The molecule has 1 N–H and O–H groups in total. The number of halogens is 1. The second kappa shape index (κ2) is 4.28. The lowest BCUT2D eigenvalue weighted by Gasteiger charge is -2.20. The van der Waals surface area contributed by atoms with Gasteiger partial charge in [-0.2, -0.15) is 0 Å². The highest BCUT2D eigenvalue weighted by molar-refractivity contribution is 9.10. The molecule has 0 aliphatic carbocycles. The summed E-state index contributed by atoms with van der Waals surface area (Å²) in [7, 11) is 0. The summed E-state index contributed by atoms with van der Waals surface area (Å²) in [6, 6.07) is 8.71. The van der Waals surface area contributed by atoms with E-state index < -0.39 is 12.0 Å². The third-order valence-electron chi connectivity index (χ3n) is 1.70. The van der Waals surface area contributed by atoms with Crippen molar-refractivity contribution in [2.75, 3.05) is 3.93 Å². The molecule has 4 heteroatoms. The minimum absolute atomic E-state index is 0.581. The Kier molecular flexibility index (Phi) is 3.31. The minimum Gasteiger partial charge on any atom is -0.480 e. The van der Waals surface area contributed by atoms with Crippen LogP contribution in [0.15, 0.2) is 30.3 Å². The lowest BCUT2D eigenvalue weighted by Crippen LogP contribution is -2.31. The summed E-state index contributed by atoms with van der Waals surface area (Å²) in [6.45, 7) is 1.62. The fourth-order valence-electron chi connectivity index (χ4n) is 0.891.